The summed E-state index contributed by atoms with van der Waals surface area (Å²) in [6.07, 6.45) is -0.406. The molecule has 14 heteroatoms. The molecule has 0 fully saturated rings. The van der Waals surface area contributed by atoms with E-state index >= 15 is 0 Å². The van der Waals surface area contributed by atoms with Crippen LogP contribution in [0.15, 0.2) is 78.9 Å². The molecule has 344 valence electrons. The first-order chi connectivity index (χ1) is 31.0. The van der Waals surface area contributed by atoms with E-state index in [1.165, 1.54) is 17.5 Å². The highest BCUT2D eigenvalue weighted by Crippen LogP contribution is 2.41. The van der Waals surface area contributed by atoms with Gasteiger partial charge in [-0.05, 0) is 89.0 Å². The Morgan fingerprint density at radius 3 is 2.09 bits per heavy atom. The zero-order valence-electron chi connectivity index (χ0n) is 38.0. The molecular formula is C51H61ClN6O7. The molecule has 7 N–H and O–H groups in total. The number of Topliss-reactive ketones (excluding diaryl/α,β-unsaturated/α-hetero) is 3. The number of ether oxygens (including phenoxy) is 2. The largest absolute Gasteiger partial charge is 0.492 e. The van der Waals surface area contributed by atoms with Gasteiger partial charge in [-0.3, -0.25) is 24.0 Å². The van der Waals surface area contributed by atoms with Gasteiger partial charge >= 0.3 is 0 Å². The van der Waals surface area contributed by atoms with Gasteiger partial charge in [0.2, 0.25) is 11.8 Å². The third-order valence-electron chi connectivity index (χ3n) is 11.7. The fraction of sp³-hybridized carbons (Fsp3) is 0.412. The van der Waals surface area contributed by atoms with Crippen LogP contribution in [-0.4, -0.2) is 80.0 Å². The zero-order valence-corrected chi connectivity index (χ0v) is 38.7. The number of rotatable bonds is 17. The molecule has 0 aliphatic carbocycles. The number of nitriles is 1. The maximum atomic E-state index is 14.7. The van der Waals surface area contributed by atoms with E-state index in [-0.39, 0.29) is 98.9 Å². The van der Waals surface area contributed by atoms with Crippen LogP contribution in [0.1, 0.15) is 92.9 Å². The third-order valence-corrected chi connectivity index (χ3v) is 12.0. The van der Waals surface area contributed by atoms with Crippen molar-refractivity contribution in [2.75, 3.05) is 39.9 Å². The number of nitrogens with two attached hydrogens (primary N) is 3. The Balaban J connectivity index is 1.55. The van der Waals surface area contributed by atoms with Crippen LogP contribution >= 0.6 is 11.6 Å². The van der Waals surface area contributed by atoms with Crippen molar-refractivity contribution in [2.24, 2.45) is 29.0 Å². The number of hydrogen-bond acceptors (Lipinski definition) is 11. The van der Waals surface area contributed by atoms with Crippen molar-refractivity contribution in [3.05, 3.63) is 106 Å². The number of fused-ring (bicyclic) bond motifs is 5. The molecule has 0 saturated carbocycles. The lowest BCUT2D eigenvalue weighted by atomic mass is 9.86. The molecule has 65 heavy (non-hydrogen) atoms. The van der Waals surface area contributed by atoms with Gasteiger partial charge in [-0.15, -0.1) is 0 Å². The number of amides is 2. The van der Waals surface area contributed by atoms with Gasteiger partial charge in [0.25, 0.3) is 0 Å². The second-order valence-corrected chi connectivity index (χ2v) is 18.0. The molecule has 5 rings (SSSR count). The summed E-state index contributed by atoms with van der Waals surface area (Å²) in [6, 6.07) is 23.6. The smallest absolute Gasteiger partial charge is 0.226 e. The predicted octanol–water partition coefficient (Wildman–Crippen LogP) is 6.89. The van der Waals surface area contributed by atoms with Crippen LogP contribution in [0.4, 0.5) is 0 Å². The van der Waals surface area contributed by atoms with Gasteiger partial charge in [-0.25, -0.2) is 0 Å². The van der Waals surface area contributed by atoms with Gasteiger partial charge in [0.1, 0.15) is 30.8 Å². The Morgan fingerprint density at radius 1 is 0.862 bits per heavy atom. The van der Waals surface area contributed by atoms with Crippen molar-refractivity contribution >= 4 is 40.8 Å². The van der Waals surface area contributed by atoms with Crippen LogP contribution in [0, 0.1) is 23.2 Å². The van der Waals surface area contributed by atoms with E-state index in [9.17, 15) is 29.2 Å². The Morgan fingerprint density at radius 2 is 1.49 bits per heavy atom. The average Bonchev–Trinajstić information content (AvgIpc) is 3.28. The molecule has 0 aromatic heterocycles. The number of benzene rings is 4. The summed E-state index contributed by atoms with van der Waals surface area (Å²) in [4.78, 5) is 72.0. The Bertz CT molecular complexity index is 2410. The number of carbonyl (C=O) groups is 5. The van der Waals surface area contributed by atoms with Gasteiger partial charge in [-0.2, -0.15) is 5.26 Å². The lowest BCUT2D eigenvalue weighted by Crippen LogP contribution is -2.46. The summed E-state index contributed by atoms with van der Waals surface area (Å²) < 4.78 is 12.2. The summed E-state index contributed by atoms with van der Waals surface area (Å²) in [5.74, 6) is -3.20. The summed E-state index contributed by atoms with van der Waals surface area (Å²) in [7, 11) is 1.50. The number of ketones is 3. The maximum absolute atomic E-state index is 14.7. The molecule has 2 amide bonds. The first kappa shape index (κ1) is 50.1. The van der Waals surface area contributed by atoms with Crippen LogP contribution in [0.5, 0.6) is 11.5 Å². The molecule has 1 aliphatic rings. The Kier molecular flexibility index (Phi) is 17.6. The van der Waals surface area contributed by atoms with E-state index < -0.39 is 41.5 Å². The minimum Gasteiger partial charge on any atom is -0.492 e. The molecule has 4 aromatic rings. The van der Waals surface area contributed by atoms with Crippen molar-refractivity contribution in [1.29, 1.82) is 5.26 Å². The molecule has 0 spiro atoms. The maximum Gasteiger partial charge on any atom is 0.226 e. The van der Waals surface area contributed by atoms with E-state index in [2.05, 4.69) is 38.2 Å². The fourth-order valence-electron chi connectivity index (χ4n) is 8.06. The van der Waals surface area contributed by atoms with Crippen molar-refractivity contribution in [2.45, 2.75) is 83.7 Å². The SMILES string of the molecule is C[C@@H]1CC(=O)[C@@H](N(C)C(=O)[C@H](CCN)CC(=O)c2ccc(-c3ccc(C(C)(C)C)cc3)cc2Cl)c2ccc(OCCN)c(c2)-c2cc(ccc2OCCN)C[C@@H](C(=O)CCC#N)NC1=O. The first-order valence-electron chi connectivity index (χ1n) is 22.1. The quantitative estimate of drug-likeness (QED) is 0.0799. The third kappa shape index (κ3) is 12.7. The van der Waals surface area contributed by atoms with Crippen LogP contribution in [0.25, 0.3) is 22.3 Å². The molecule has 13 nitrogen and oxygen atoms in total. The standard InChI is InChI=1S/C51H61ClN6O7/c1-31-25-45(61)48(58(5)50(63)36(18-20-54)30-44(60)38-15-11-34(29-41(38)52)33-9-13-37(14-10-33)51(2,3)4)35-12-17-47(65-24-22-56)40(28-35)39-26-32(8-16-46(39)64-23-21-55)27-42(57-49(31)62)43(59)7-6-19-53/h8-17,26,28-29,31,36,42,48H,6-7,18,20-25,27,30,54-56H2,1-5H3,(H,57,62)/t31-,36-,42+,48+/m1/s1. The predicted molar refractivity (Wildman–Crippen MR) is 252 cm³/mol. The minimum absolute atomic E-state index is 0.0116. The number of nitrogens with zero attached hydrogens (tertiary/aromatic N) is 2. The van der Waals surface area contributed by atoms with Crippen LogP contribution in [0.2, 0.25) is 5.02 Å². The van der Waals surface area contributed by atoms with E-state index in [4.69, 9.17) is 38.3 Å². The summed E-state index contributed by atoms with van der Waals surface area (Å²) >= 11 is 6.77. The van der Waals surface area contributed by atoms with Gasteiger partial charge in [0, 0.05) is 74.3 Å². The number of nitrogens with one attached hydrogen (secondary N) is 1. The lowest BCUT2D eigenvalue weighted by Gasteiger charge is -2.32. The molecule has 0 unspecified atom stereocenters. The zero-order chi connectivity index (χ0) is 47.4. The minimum atomic E-state index is -1.24. The van der Waals surface area contributed by atoms with Crippen molar-refractivity contribution < 1.29 is 33.4 Å². The second kappa shape index (κ2) is 22.8. The number of carbonyl (C=O) groups excluding carboxylic acids is 5. The van der Waals surface area contributed by atoms with E-state index in [0.29, 0.717) is 33.8 Å². The number of hydrogen-bond donors (Lipinski definition) is 4. The van der Waals surface area contributed by atoms with Crippen molar-refractivity contribution in [3.8, 4) is 39.8 Å². The molecule has 0 saturated heterocycles. The average molecular weight is 906 g/mol. The summed E-state index contributed by atoms with van der Waals surface area (Å²) in [5, 5.41) is 12.3. The molecule has 4 atom stereocenters. The number of likely N-dealkylation sites (N-methyl/N-ethyl adjacent to an activating group) is 1. The Hall–Kier alpha value is -5.91. The second-order valence-electron chi connectivity index (χ2n) is 17.6. The summed E-state index contributed by atoms with van der Waals surface area (Å²) in [5.41, 5.74) is 23.1. The highest BCUT2D eigenvalue weighted by atomic mass is 35.5. The van der Waals surface area contributed by atoms with E-state index in [1.54, 1.807) is 49.4 Å². The molecule has 4 aromatic carbocycles. The fourth-order valence-corrected chi connectivity index (χ4v) is 8.34. The van der Waals surface area contributed by atoms with Gasteiger partial charge in [0.05, 0.1) is 17.1 Å². The van der Waals surface area contributed by atoms with Gasteiger partial charge in [0.15, 0.2) is 17.3 Å². The highest BCUT2D eigenvalue weighted by molar-refractivity contribution is 6.34. The van der Waals surface area contributed by atoms with E-state index in [0.717, 1.165) is 11.1 Å². The number of halogens is 1. The van der Waals surface area contributed by atoms with Crippen LogP contribution in [-0.2, 0) is 31.0 Å². The van der Waals surface area contributed by atoms with Crippen molar-refractivity contribution in [3.63, 3.8) is 0 Å². The van der Waals surface area contributed by atoms with Crippen LogP contribution in [0.3, 0.4) is 0 Å². The molecule has 1 aliphatic heterocycles. The van der Waals surface area contributed by atoms with Gasteiger partial charge in [-0.1, -0.05) is 81.8 Å². The van der Waals surface area contributed by atoms with Crippen molar-refractivity contribution in [1.82, 2.24) is 10.2 Å². The first-order valence-corrected chi connectivity index (χ1v) is 22.4. The molecular weight excluding hydrogens is 844 g/mol. The summed E-state index contributed by atoms with van der Waals surface area (Å²) in [6.45, 7) is 8.86. The normalized spacial score (nSPS) is 17.0. The molecule has 4 bridgehead atoms. The van der Waals surface area contributed by atoms with Crippen LogP contribution < -0.4 is 32.0 Å². The highest BCUT2D eigenvalue weighted by Gasteiger charge is 2.36. The monoisotopic (exact) mass is 904 g/mol. The van der Waals surface area contributed by atoms with E-state index in [1.807, 2.05) is 30.3 Å². The lowest BCUT2D eigenvalue weighted by molar-refractivity contribution is -0.142. The molecule has 0 radical (unpaired) electrons. The topological polar surface area (TPSA) is 221 Å². The Labute approximate surface area is 387 Å². The van der Waals surface area contributed by atoms with Gasteiger partial charge < -0.3 is 36.9 Å². The molecule has 1 heterocycles.